The lowest BCUT2D eigenvalue weighted by Crippen LogP contribution is -2.40. The lowest BCUT2D eigenvalue weighted by Gasteiger charge is -2.25. The molecule has 3 rings (SSSR count). The van der Waals surface area contributed by atoms with Crippen molar-refractivity contribution in [2.45, 2.75) is 45.6 Å². The van der Waals surface area contributed by atoms with Crippen molar-refractivity contribution in [3.8, 4) is 0 Å². The van der Waals surface area contributed by atoms with Crippen LogP contribution >= 0.6 is 12.2 Å². The second-order valence-corrected chi connectivity index (χ2v) is 6.61. The molecule has 0 heterocycles. The molecule has 0 aromatic heterocycles. The smallest absolute Gasteiger partial charge is 0.171 e. The van der Waals surface area contributed by atoms with E-state index in [1.54, 1.807) is 0 Å². The second-order valence-electron chi connectivity index (χ2n) is 6.20. The Bertz CT molecular complexity index is 498. The monoisotopic (exact) mass is 274 g/mol. The minimum absolute atomic E-state index is 0.601. The maximum Gasteiger partial charge on any atom is 0.171 e. The summed E-state index contributed by atoms with van der Waals surface area (Å²) in [6.07, 6.45) is 5.53. The quantitative estimate of drug-likeness (QED) is 0.803. The van der Waals surface area contributed by atoms with E-state index in [0.29, 0.717) is 6.04 Å². The van der Waals surface area contributed by atoms with Crippen LogP contribution in [0.4, 0.5) is 5.69 Å². The first-order chi connectivity index (χ1) is 9.11. The molecule has 0 aliphatic heterocycles. The molecule has 2 N–H and O–H groups in total. The first-order valence-corrected chi connectivity index (χ1v) is 7.67. The van der Waals surface area contributed by atoms with Gasteiger partial charge in [0.15, 0.2) is 5.11 Å². The lowest BCUT2D eigenvalue weighted by molar-refractivity contribution is 0.392. The molecule has 0 spiro atoms. The third kappa shape index (κ3) is 2.76. The topological polar surface area (TPSA) is 24.1 Å². The zero-order valence-electron chi connectivity index (χ0n) is 11.7. The van der Waals surface area contributed by atoms with Gasteiger partial charge in [0.05, 0.1) is 0 Å². The van der Waals surface area contributed by atoms with Gasteiger partial charge in [-0.2, -0.15) is 0 Å². The summed E-state index contributed by atoms with van der Waals surface area (Å²) < 4.78 is 0. The fourth-order valence-corrected chi connectivity index (χ4v) is 3.88. The number of hydrogen-bond donors (Lipinski definition) is 2. The van der Waals surface area contributed by atoms with E-state index in [2.05, 4.69) is 42.7 Å². The van der Waals surface area contributed by atoms with Crippen LogP contribution in [0.25, 0.3) is 0 Å². The largest absolute Gasteiger partial charge is 0.359 e. The Kier molecular flexibility index (Phi) is 3.48. The van der Waals surface area contributed by atoms with Crippen molar-refractivity contribution in [3.63, 3.8) is 0 Å². The highest BCUT2D eigenvalue weighted by Crippen LogP contribution is 2.44. The number of fused-ring (bicyclic) bond motifs is 2. The van der Waals surface area contributed by atoms with E-state index < -0.39 is 0 Å². The normalized spacial score (nSPS) is 28.4. The van der Waals surface area contributed by atoms with Gasteiger partial charge in [-0.1, -0.05) is 18.6 Å². The number of anilines is 1. The summed E-state index contributed by atoms with van der Waals surface area (Å²) in [4.78, 5) is 0. The van der Waals surface area contributed by atoms with Crippen LogP contribution in [0.2, 0.25) is 0 Å². The summed E-state index contributed by atoms with van der Waals surface area (Å²) >= 11 is 5.47. The Morgan fingerprint density at radius 3 is 2.74 bits per heavy atom. The number of nitrogens with one attached hydrogen (secondary N) is 2. The van der Waals surface area contributed by atoms with Gasteiger partial charge in [0.2, 0.25) is 0 Å². The first kappa shape index (κ1) is 12.9. The summed E-state index contributed by atoms with van der Waals surface area (Å²) in [6, 6.07) is 7.03. The maximum atomic E-state index is 5.47. The molecule has 0 unspecified atom stereocenters. The van der Waals surface area contributed by atoms with E-state index in [9.17, 15) is 0 Å². The highest BCUT2D eigenvalue weighted by atomic mass is 32.1. The van der Waals surface area contributed by atoms with Crippen molar-refractivity contribution >= 4 is 23.0 Å². The standard InChI is InChI=1S/C16H22N2S/c1-10-3-4-11(2)14(7-10)17-16(19)18-15-9-12-5-6-13(15)8-12/h3-4,7,12-13,15H,5-6,8-9H2,1-2H3,(H2,17,18,19)/t12-,13+,15+/m0/s1. The Hall–Kier alpha value is -1.09. The summed E-state index contributed by atoms with van der Waals surface area (Å²) in [5.41, 5.74) is 3.62. The Morgan fingerprint density at radius 1 is 1.21 bits per heavy atom. The molecule has 19 heavy (non-hydrogen) atoms. The minimum Gasteiger partial charge on any atom is -0.359 e. The molecule has 0 radical (unpaired) electrons. The van der Waals surface area contributed by atoms with Crippen molar-refractivity contribution in [3.05, 3.63) is 29.3 Å². The first-order valence-electron chi connectivity index (χ1n) is 7.26. The van der Waals surface area contributed by atoms with Crippen molar-refractivity contribution < 1.29 is 0 Å². The lowest BCUT2D eigenvalue weighted by atomic mass is 9.95. The molecule has 102 valence electrons. The number of benzene rings is 1. The number of rotatable bonds is 2. The van der Waals surface area contributed by atoms with Crippen LogP contribution in [0.1, 0.15) is 36.8 Å². The number of thiocarbonyl (C=S) groups is 1. The molecule has 2 aliphatic carbocycles. The van der Waals surface area contributed by atoms with E-state index >= 15 is 0 Å². The van der Waals surface area contributed by atoms with Gasteiger partial charge < -0.3 is 10.6 Å². The van der Waals surface area contributed by atoms with Gasteiger partial charge in [-0.15, -0.1) is 0 Å². The van der Waals surface area contributed by atoms with E-state index in [1.807, 2.05) is 0 Å². The van der Waals surface area contributed by atoms with Crippen LogP contribution in [0, 0.1) is 25.7 Å². The van der Waals surface area contributed by atoms with Gasteiger partial charge in [-0.25, -0.2) is 0 Å². The molecule has 1 aromatic rings. The molecule has 1 aromatic carbocycles. The van der Waals surface area contributed by atoms with Crippen LogP contribution in [0.3, 0.4) is 0 Å². The van der Waals surface area contributed by atoms with E-state index in [0.717, 1.165) is 22.6 Å². The Balaban J connectivity index is 1.61. The van der Waals surface area contributed by atoms with Gasteiger partial charge in [-0.05, 0) is 74.4 Å². The summed E-state index contributed by atoms with van der Waals surface area (Å²) in [5, 5.41) is 7.67. The summed E-state index contributed by atoms with van der Waals surface area (Å²) in [6.45, 7) is 4.22. The van der Waals surface area contributed by atoms with Gasteiger partial charge in [0.1, 0.15) is 0 Å². The van der Waals surface area contributed by atoms with E-state index in [4.69, 9.17) is 12.2 Å². The molecule has 2 fully saturated rings. The van der Waals surface area contributed by atoms with Gasteiger partial charge in [-0.3, -0.25) is 0 Å². The molecule has 3 heteroatoms. The van der Waals surface area contributed by atoms with E-state index in [1.165, 1.54) is 36.8 Å². The van der Waals surface area contributed by atoms with Gasteiger partial charge in [0, 0.05) is 11.7 Å². The molecule has 0 saturated heterocycles. The average molecular weight is 274 g/mol. The molecular weight excluding hydrogens is 252 g/mol. The molecule has 2 saturated carbocycles. The Labute approximate surface area is 121 Å². The van der Waals surface area contributed by atoms with Crippen molar-refractivity contribution in [2.24, 2.45) is 11.8 Å². The van der Waals surface area contributed by atoms with Crippen LogP contribution in [-0.2, 0) is 0 Å². The van der Waals surface area contributed by atoms with Crippen LogP contribution < -0.4 is 10.6 Å². The third-order valence-corrected chi connectivity index (χ3v) is 4.92. The predicted molar refractivity (Wildman–Crippen MR) is 84.5 cm³/mol. The average Bonchev–Trinajstić information content (AvgIpc) is 2.96. The number of hydrogen-bond acceptors (Lipinski definition) is 1. The third-order valence-electron chi connectivity index (χ3n) is 4.70. The molecule has 3 atom stereocenters. The van der Waals surface area contributed by atoms with Crippen molar-refractivity contribution in [1.82, 2.24) is 5.32 Å². The van der Waals surface area contributed by atoms with Gasteiger partial charge in [0.25, 0.3) is 0 Å². The highest BCUT2D eigenvalue weighted by Gasteiger charge is 2.39. The number of aryl methyl sites for hydroxylation is 2. The summed E-state index contributed by atoms with van der Waals surface area (Å²) in [7, 11) is 0. The van der Waals surface area contributed by atoms with Gasteiger partial charge >= 0.3 is 0 Å². The van der Waals surface area contributed by atoms with Crippen LogP contribution in [0.15, 0.2) is 18.2 Å². The van der Waals surface area contributed by atoms with Crippen molar-refractivity contribution in [1.29, 1.82) is 0 Å². The summed E-state index contributed by atoms with van der Waals surface area (Å²) in [5.74, 6) is 1.80. The zero-order valence-corrected chi connectivity index (χ0v) is 12.5. The molecule has 2 bridgehead atoms. The predicted octanol–water partition coefficient (Wildman–Crippen LogP) is 3.78. The zero-order chi connectivity index (χ0) is 13.4. The van der Waals surface area contributed by atoms with Crippen LogP contribution in [0.5, 0.6) is 0 Å². The maximum absolute atomic E-state index is 5.47. The fourth-order valence-electron chi connectivity index (χ4n) is 3.62. The second kappa shape index (κ2) is 5.12. The highest BCUT2D eigenvalue weighted by molar-refractivity contribution is 7.80. The molecule has 0 amide bonds. The Morgan fingerprint density at radius 2 is 2.05 bits per heavy atom. The van der Waals surface area contributed by atoms with Crippen LogP contribution in [-0.4, -0.2) is 11.2 Å². The molecule has 2 nitrogen and oxygen atoms in total. The molecule has 2 aliphatic rings. The van der Waals surface area contributed by atoms with E-state index in [-0.39, 0.29) is 0 Å². The molecular formula is C16H22N2S. The minimum atomic E-state index is 0.601. The fraction of sp³-hybridized carbons (Fsp3) is 0.562. The van der Waals surface area contributed by atoms with Crippen molar-refractivity contribution in [2.75, 3.05) is 5.32 Å². The SMILES string of the molecule is Cc1ccc(C)c(NC(=S)N[C@@H]2C[C@H]3CC[C@@H]2C3)c1.